The SMILES string of the molecule is CN(C)C=CC(=O)c1ccc2ncc(Br)n2c1. The minimum Gasteiger partial charge on any atom is -0.383 e. The molecule has 5 heteroatoms. The third kappa shape index (κ3) is 2.55. The molecule has 0 fully saturated rings. The van der Waals surface area contributed by atoms with Gasteiger partial charge in [0.05, 0.1) is 6.20 Å². The van der Waals surface area contributed by atoms with E-state index >= 15 is 0 Å². The molecule has 2 heterocycles. The summed E-state index contributed by atoms with van der Waals surface area (Å²) in [6.07, 6.45) is 6.76. The van der Waals surface area contributed by atoms with E-state index in [0.29, 0.717) is 5.56 Å². The van der Waals surface area contributed by atoms with E-state index in [0.717, 1.165) is 10.3 Å². The lowest BCUT2D eigenvalue weighted by Crippen LogP contribution is -2.03. The standard InChI is InChI=1S/C12H12BrN3O/c1-15(2)6-5-10(17)9-3-4-12-14-7-11(13)16(12)8-9/h3-8H,1-2H3. The van der Waals surface area contributed by atoms with Crippen molar-refractivity contribution in [3.05, 3.63) is 47.0 Å². The number of hydrogen-bond acceptors (Lipinski definition) is 3. The molecule has 0 atom stereocenters. The van der Waals surface area contributed by atoms with Crippen LogP contribution in [0.3, 0.4) is 0 Å². The number of halogens is 1. The van der Waals surface area contributed by atoms with E-state index < -0.39 is 0 Å². The number of pyridine rings is 1. The number of nitrogens with zero attached hydrogens (tertiary/aromatic N) is 3. The second kappa shape index (κ2) is 4.71. The number of imidazole rings is 1. The summed E-state index contributed by atoms with van der Waals surface area (Å²) in [5, 5.41) is 0. The Hall–Kier alpha value is -1.62. The maximum atomic E-state index is 11.9. The largest absolute Gasteiger partial charge is 0.383 e. The van der Waals surface area contributed by atoms with Gasteiger partial charge in [-0.3, -0.25) is 9.20 Å². The van der Waals surface area contributed by atoms with Crippen LogP contribution < -0.4 is 0 Å². The molecular formula is C12H12BrN3O. The van der Waals surface area contributed by atoms with E-state index in [1.807, 2.05) is 29.5 Å². The number of aromatic nitrogens is 2. The van der Waals surface area contributed by atoms with Crippen molar-refractivity contribution in [1.29, 1.82) is 0 Å². The number of carbonyl (C=O) groups excluding carboxylic acids is 1. The van der Waals surface area contributed by atoms with Gasteiger partial charge < -0.3 is 4.90 Å². The lowest BCUT2D eigenvalue weighted by Gasteiger charge is -2.03. The Morgan fingerprint density at radius 1 is 1.47 bits per heavy atom. The first-order valence-corrected chi connectivity index (χ1v) is 5.89. The lowest BCUT2D eigenvalue weighted by molar-refractivity contribution is 0.104. The molecule has 0 N–H and O–H groups in total. The predicted octanol–water partition coefficient (Wildman–Crippen LogP) is 2.35. The lowest BCUT2D eigenvalue weighted by atomic mass is 10.2. The molecular weight excluding hydrogens is 282 g/mol. The number of carbonyl (C=O) groups is 1. The predicted molar refractivity (Wildman–Crippen MR) is 70.0 cm³/mol. The van der Waals surface area contributed by atoms with Crippen molar-refractivity contribution in [2.45, 2.75) is 0 Å². The van der Waals surface area contributed by atoms with Crippen molar-refractivity contribution in [2.24, 2.45) is 0 Å². The smallest absolute Gasteiger partial charge is 0.188 e. The summed E-state index contributed by atoms with van der Waals surface area (Å²) in [5.41, 5.74) is 1.44. The molecule has 0 aromatic carbocycles. The molecule has 0 saturated carbocycles. The molecule has 0 aliphatic heterocycles. The summed E-state index contributed by atoms with van der Waals surface area (Å²) in [6.45, 7) is 0. The van der Waals surface area contributed by atoms with Gasteiger partial charge in [-0.25, -0.2) is 4.98 Å². The van der Waals surface area contributed by atoms with Gasteiger partial charge in [0.2, 0.25) is 0 Å². The quantitative estimate of drug-likeness (QED) is 0.644. The van der Waals surface area contributed by atoms with Crippen LogP contribution in [0.5, 0.6) is 0 Å². The summed E-state index contributed by atoms with van der Waals surface area (Å²) >= 11 is 3.38. The fraction of sp³-hybridized carbons (Fsp3) is 0.167. The number of fused-ring (bicyclic) bond motifs is 1. The van der Waals surface area contributed by atoms with E-state index in [9.17, 15) is 4.79 Å². The molecule has 0 aliphatic rings. The Balaban J connectivity index is 2.36. The first kappa shape index (κ1) is 11.9. The van der Waals surface area contributed by atoms with Crippen LogP contribution in [-0.4, -0.2) is 34.2 Å². The molecule has 0 radical (unpaired) electrons. The molecule has 0 aliphatic carbocycles. The van der Waals surface area contributed by atoms with E-state index in [4.69, 9.17) is 0 Å². The van der Waals surface area contributed by atoms with Crippen LogP contribution in [0.2, 0.25) is 0 Å². The highest BCUT2D eigenvalue weighted by Gasteiger charge is 2.05. The van der Waals surface area contributed by atoms with Gasteiger partial charge >= 0.3 is 0 Å². The molecule has 2 rings (SSSR count). The Morgan fingerprint density at radius 2 is 2.24 bits per heavy atom. The third-order valence-corrected chi connectivity index (χ3v) is 2.86. The maximum absolute atomic E-state index is 11.9. The van der Waals surface area contributed by atoms with Crippen molar-refractivity contribution < 1.29 is 4.79 Å². The van der Waals surface area contributed by atoms with Crippen LogP contribution >= 0.6 is 15.9 Å². The van der Waals surface area contributed by atoms with Gasteiger partial charge in [0.25, 0.3) is 0 Å². The summed E-state index contributed by atoms with van der Waals surface area (Å²) in [4.78, 5) is 17.9. The number of hydrogen-bond donors (Lipinski definition) is 0. The number of ketones is 1. The van der Waals surface area contributed by atoms with Crippen molar-refractivity contribution in [1.82, 2.24) is 14.3 Å². The molecule has 4 nitrogen and oxygen atoms in total. The monoisotopic (exact) mass is 293 g/mol. The van der Waals surface area contributed by atoms with Gasteiger partial charge in [0.15, 0.2) is 5.78 Å². The van der Waals surface area contributed by atoms with Gasteiger partial charge in [0.1, 0.15) is 10.3 Å². The van der Waals surface area contributed by atoms with Gasteiger partial charge in [0, 0.05) is 38.1 Å². The van der Waals surface area contributed by atoms with Crippen LogP contribution in [0.15, 0.2) is 41.4 Å². The molecule has 17 heavy (non-hydrogen) atoms. The molecule has 88 valence electrons. The van der Waals surface area contributed by atoms with Gasteiger partial charge in [-0.1, -0.05) is 0 Å². The zero-order valence-electron chi connectivity index (χ0n) is 9.59. The zero-order chi connectivity index (χ0) is 12.4. The molecule has 0 unspecified atom stereocenters. The summed E-state index contributed by atoms with van der Waals surface area (Å²) < 4.78 is 2.66. The second-order valence-corrected chi connectivity index (χ2v) is 4.68. The molecule has 0 saturated heterocycles. The molecule has 0 bridgehead atoms. The van der Waals surface area contributed by atoms with Crippen LogP contribution in [-0.2, 0) is 0 Å². The molecule has 2 aromatic rings. The Labute approximate surface area is 108 Å². The van der Waals surface area contributed by atoms with Gasteiger partial charge in [-0.2, -0.15) is 0 Å². The van der Waals surface area contributed by atoms with Crippen molar-refractivity contribution in [2.75, 3.05) is 14.1 Å². The van der Waals surface area contributed by atoms with E-state index in [-0.39, 0.29) is 5.78 Å². The third-order valence-electron chi connectivity index (χ3n) is 2.27. The highest BCUT2D eigenvalue weighted by molar-refractivity contribution is 9.10. The fourth-order valence-electron chi connectivity index (χ4n) is 1.41. The average Bonchev–Trinajstić information content (AvgIpc) is 2.67. The summed E-state index contributed by atoms with van der Waals surface area (Å²) in [6, 6.07) is 3.60. The van der Waals surface area contributed by atoms with Crippen molar-refractivity contribution in [3.63, 3.8) is 0 Å². The topological polar surface area (TPSA) is 37.6 Å². The minimum atomic E-state index is -0.0267. The highest BCUT2D eigenvalue weighted by atomic mass is 79.9. The normalized spacial score (nSPS) is 11.2. The number of allylic oxidation sites excluding steroid dienone is 1. The first-order valence-electron chi connectivity index (χ1n) is 5.09. The van der Waals surface area contributed by atoms with Gasteiger partial charge in [-0.05, 0) is 28.1 Å². The van der Waals surface area contributed by atoms with E-state index in [2.05, 4.69) is 20.9 Å². The van der Waals surface area contributed by atoms with Crippen LogP contribution in [0, 0.1) is 0 Å². The summed E-state index contributed by atoms with van der Waals surface area (Å²) in [7, 11) is 3.75. The van der Waals surface area contributed by atoms with Crippen LogP contribution in [0.4, 0.5) is 0 Å². The highest BCUT2D eigenvalue weighted by Crippen LogP contribution is 2.14. The number of rotatable bonds is 3. The van der Waals surface area contributed by atoms with Gasteiger partial charge in [-0.15, -0.1) is 0 Å². The van der Waals surface area contributed by atoms with Crippen molar-refractivity contribution in [3.8, 4) is 0 Å². The summed E-state index contributed by atoms with van der Waals surface area (Å²) in [5.74, 6) is -0.0267. The Kier molecular flexibility index (Phi) is 3.28. The minimum absolute atomic E-state index is 0.0267. The average molecular weight is 294 g/mol. The second-order valence-electron chi connectivity index (χ2n) is 3.87. The Morgan fingerprint density at radius 3 is 2.94 bits per heavy atom. The first-order chi connectivity index (χ1) is 8.08. The molecule has 0 spiro atoms. The molecule has 2 aromatic heterocycles. The van der Waals surface area contributed by atoms with Crippen LogP contribution in [0.25, 0.3) is 5.65 Å². The molecule has 0 amide bonds. The van der Waals surface area contributed by atoms with Crippen molar-refractivity contribution >= 4 is 27.4 Å². The zero-order valence-corrected chi connectivity index (χ0v) is 11.2. The van der Waals surface area contributed by atoms with Crippen LogP contribution in [0.1, 0.15) is 10.4 Å². The fourth-order valence-corrected chi connectivity index (χ4v) is 1.80. The Bertz CT molecular complexity index is 586. The van der Waals surface area contributed by atoms with E-state index in [1.165, 1.54) is 0 Å². The maximum Gasteiger partial charge on any atom is 0.188 e. The van der Waals surface area contributed by atoms with E-state index in [1.54, 1.807) is 30.7 Å².